The number of carbonyl (C=O) groups is 1. The standard InChI is InChI=1S/C15H18ClFO2/c1-14(2,3)9-7-15(8-9,13(18)19)11-5-4-10(17)6-12(11)16/h4-6,9H,7-8H2,1-3H3,(H,18,19). The zero-order chi connectivity index (χ0) is 14.4. The lowest BCUT2D eigenvalue weighted by atomic mass is 9.52. The van der Waals surface area contributed by atoms with Gasteiger partial charge in [-0.05, 0) is 41.9 Å². The smallest absolute Gasteiger partial charge is 0.314 e. The molecule has 0 atom stereocenters. The lowest BCUT2D eigenvalue weighted by Gasteiger charge is -2.50. The van der Waals surface area contributed by atoms with Crippen LogP contribution >= 0.6 is 11.6 Å². The predicted octanol–water partition coefficient (Wildman–Crippen LogP) is 4.26. The van der Waals surface area contributed by atoms with Crippen LogP contribution in [0.1, 0.15) is 39.2 Å². The van der Waals surface area contributed by atoms with Crippen LogP contribution in [0.15, 0.2) is 18.2 Å². The van der Waals surface area contributed by atoms with Crippen molar-refractivity contribution in [2.24, 2.45) is 11.3 Å². The number of benzene rings is 1. The first-order chi connectivity index (χ1) is 8.67. The van der Waals surface area contributed by atoms with E-state index >= 15 is 0 Å². The normalized spacial score (nSPS) is 26.9. The van der Waals surface area contributed by atoms with Crippen LogP contribution in [-0.4, -0.2) is 11.1 Å². The van der Waals surface area contributed by atoms with E-state index in [0.29, 0.717) is 24.3 Å². The molecule has 1 aliphatic rings. The van der Waals surface area contributed by atoms with Crippen molar-refractivity contribution in [3.05, 3.63) is 34.6 Å². The maximum absolute atomic E-state index is 13.1. The molecule has 1 saturated carbocycles. The molecule has 0 heterocycles. The maximum Gasteiger partial charge on any atom is 0.314 e. The summed E-state index contributed by atoms with van der Waals surface area (Å²) in [5.74, 6) is -0.979. The van der Waals surface area contributed by atoms with E-state index in [1.165, 1.54) is 18.2 Å². The third-order valence-corrected chi connectivity index (χ3v) is 4.58. The Morgan fingerprint density at radius 3 is 2.42 bits per heavy atom. The molecule has 2 rings (SSSR count). The molecule has 1 aromatic rings. The molecule has 1 N–H and O–H groups in total. The van der Waals surface area contributed by atoms with E-state index in [1.807, 2.05) is 0 Å². The number of aliphatic carboxylic acids is 1. The zero-order valence-electron chi connectivity index (χ0n) is 11.3. The first kappa shape index (κ1) is 14.3. The fourth-order valence-electron chi connectivity index (χ4n) is 2.78. The van der Waals surface area contributed by atoms with E-state index in [2.05, 4.69) is 20.8 Å². The first-order valence-electron chi connectivity index (χ1n) is 6.36. The molecule has 1 aliphatic carbocycles. The Morgan fingerprint density at radius 1 is 1.42 bits per heavy atom. The fourth-order valence-corrected chi connectivity index (χ4v) is 3.13. The SMILES string of the molecule is CC(C)(C)C1CC(C(=O)O)(c2ccc(F)cc2Cl)C1. The topological polar surface area (TPSA) is 37.3 Å². The van der Waals surface area contributed by atoms with Crippen molar-refractivity contribution >= 4 is 17.6 Å². The van der Waals surface area contributed by atoms with Crippen LogP contribution in [0, 0.1) is 17.2 Å². The van der Waals surface area contributed by atoms with Gasteiger partial charge in [-0.3, -0.25) is 4.79 Å². The van der Waals surface area contributed by atoms with Gasteiger partial charge in [0.2, 0.25) is 0 Å². The second-order valence-corrected chi connectivity index (χ2v) is 6.89. The van der Waals surface area contributed by atoms with E-state index in [1.54, 1.807) is 0 Å². The molecule has 1 aromatic carbocycles. The highest BCUT2D eigenvalue weighted by atomic mass is 35.5. The lowest BCUT2D eigenvalue weighted by Crippen LogP contribution is -2.51. The van der Waals surface area contributed by atoms with Gasteiger partial charge in [0.25, 0.3) is 0 Å². The van der Waals surface area contributed by atoms with Crippen molar-refractivity contribution in [3.63, 3.8) is 0 Å². The Hall–Kier alpha value is -1.09. The average molecular weight is 285 g/mol. The molecule has 0 spiro atoms. The van der Waals surface area contributed by atoms with Crippen LogP contribution in [0.2, 0.25) is 5.02 Å². The van der Waals surface area contributed by atoms with Gasteiger partial charge in [0.05, 0.1) is 5.41 Å². The molecule has 0 bridgehead atoms. The number of carboxylic acid groups (broad SMARTS) is 1. The molecule has 0 amide bonds. The van der Waals surface area contributed by atoms with Gasteiger partial charge in [-0.2, -0.15) is 0 Å². The highest BCUT2D eigenvalue weighted by Crippen LogP contribution is 2.55. The summed E-state index contributed by atoms with van der Waals surface area (Å²) in [4.78, 5) is 11.7. The highest BCUT2D eigenvalue weighted by molar-refractivity contribution is 6.31. The first-order valence-corrected chi connectivity index (χ1v) is 6.73. The Balaban J connectivity index is 2.36. The Labute approximate surface area is 117 Å². The van der Waals surface area contributed by atoms with Gasteiger partial charge in [0, 0.05) is 5.02 Å². The fraction of sp³-hybridized carbons (Fsp3) is 0.533. The minimum atomic E-state index is -0.956. The van der Waals surface area contributed by atoms with Crippen LogP contribution in [0.25, 0.3) is 0 Å². The maximum atomic E-state index is 13.1. The van der Waals surface area contributed by atoms with Gasteiger partial charge in [-0.1, -0.05) is 38.4 Å². The lowest BCUT2D eigenvalue weighted by molar-refractivity contribution is -0.152. The number of carboxylic acids is 1. The highest BCUT2D eigenvalue weighted by Gasteiger charge is 2.55. The van der Waals surface area contributed by atoms with E-state index in [-0.39, 0.29) is 10.4 Å². The molecule has 19 heavy (non-hydrogen) atoms. The number of rotatable bonds is 2. The molecule has 0 aliphatic heterocycles. The Morgan fingerprint density at radius 2 is 2.00 bits per heavy atom. The van der Waals surface area contributed by atoms with Gasteiger partial charge in [0.1, 0.15) is 5.82 Å². The van der Waals surface area contributed by atoms with Crippen molar-refractivity contribution in [2.45, 2.75) is 39.0 Å². The van der Waals surface area contributed by atoms with Crippen molar-refractivity contribution in [2.75, 3.05) is 0 Å². The summed E-state index contributed by atoms with van der Waals surface area (Å²) >= 11 is 6.03. The monoisotopic (exact) mass is 284 g/mol. The second-order valence-electron chi connectivity index (χ2n) is 6.48. The zero-order valence-corrected chi connectivity index (χ0v) is 12.1. The van der Waals surface area contributed by atoms with Crippen LogP contribution < -0.4 is 0 Å². The molecular formula is C15H18ClFO2. The summed E-state index contributed by atoms with van der Waals surface area (Å²) < 4.78 is 13.1. The molecule has 0 unspecified atom stereocenters. The van der Waals surface area contributed by atoms with Crippen LogP contribution in [0.3, 0.4) is 0 Å². The quantitative estimate of drug-likeness (QED) is 0.881. The second kappa shape index (κ2) is 4.48. The van der Waals surface area contributed by atoms with Crippen molar-refractivity contribution in [3.8, 4) is 0 Å². The summed E-state index contributed by atoms with van der Waals surface area (Å²) in [7, 11) is 0. The molecule has 4 heteroatoms. The van der Waals surface area contributed by atoms with Gasteiger partial charge in [0.15, 0.2) is 0 Å². The van der Waals surface area contributed by atoms with Gasteiger partial charge in [-0.25, -0.2) is 4.39 Å². The van der Waals surface area contributed by atoms with Crippen LogP contribution in [-0.2, 0) is 10.2 Å². The van der Waals surface area contributed by atoms with Crippen LogP contribution in [0.5, 0.6) is 0 Å². The minimum absolute atomic E-state index is 0.0749. The van der Waals surface area contributed by atoms with Gasteiger partial charge in [-0.15, -0.1) is 0 Å². The average Bonchev–Trinajstić information content (AvgIpc) is 2.16. The van der Waals surface area contributed by atoms with E-state index in [0.717, 1.165) is 0 Å². The summed E-state index contributed by atoms with van der Waals surface area (Å²) in [5.41, 5.74) is -0.350. The molecule has 0 radical (unpaired) electrons. The summed E-state index contributed by atoms with van der Waals surface area (Å²) in [6.07, 6.45) is 1.11. The predicted molar refractivity (Wildman–Crippen MR) is 72.9 cm³/mol. The van der Waals surface area contributed by atoms with Crippen LogP contribution in [0.4, 0.5) is 4.39 Å². The Kier molecular flexibility index (Phi) is 3.38. The molecule has 2 nitrogen and oxygen atoms in total. The number of hydrogen-bond acceptors (Lipinski definition) is 1. The summed E-state index contributed by atoms with van der Waals surface area (Å²) in [6.45, 7) is 6.32. The van der Waals surface area contributed by atoms with Gasteiger partial charge >= 0.3 is 5.97 Å². The van der Waals surface area contributed by atoms with Crippen molar-refractivity contribution in [1.82, 2.24) is 0 Å². The molecule has 1 fully saturated rings. The molecule has 0 saturated heterocycles. The van der Waals surface area contributed by atoms with Gasteiger partial charge < -0.3 is 5.11 Å². The summed E-state index contributed by atoms with van der Waals surface area (Å²) in [5, 5.41) is 9.77. The largest absolute Gasteiger partial charge is 0.481 e. The van der Waals surface area contributed by atoms with E-state index in [9.17, 15) is 14.3 Å². The molecule has 104 valence electrons. The molecular weight excluding hydrogens is 267 g/mol. The van der Waals surface area contributed by atoms with E-state index < -0.39 is 17.2 Å². The number of hydrogen-bond donors (Lipinski definition) is 1. The minimum Gasteiger partial charge on any atom is -0.481 e. The van der Waals surface area contributed by atoms with Crippen molar-refractivity contribution < 1.29 is 14.3 Å². The van der Waals surface area contributed by atoms with E-state index in [4.69, 9.17) is 11.6 Å². The summed E-state index contributed by atoms with van der Waals surface area (Å²) in [6, 6.07) is 3.97. The Bertz CT molecular complexity index is 513. The third-order valence-electron chi connectivity index (χ3n) is 4.27. The number of halogens is 2. The van der Waals surface area contributed by atoms with Crippen molar-refractivity contribution in [1.29, 1.82) is 0 Å². The molecule has 0 aromatic heterocycles. The third kappa shape index (κ3) is 2.36.